The third kappa shape index (κ3) is 3.93. The molecule has 1 saturated heterocycles. The molecule has 100 valence electrons. The van der Waals surface area contributed by atoms with E-state index in [-0.39, 0.29) is 18.3 Å². The SMILES string of the molecule is Cl.O=C(NCC1CCNC1)c1cc(F)ccc1Br. The molecular formula is C12H15BrClFN2O. The van der Waals surface area contributed by atoms with Gasteiger partial charge >= 0.3 is 0 Å². The molecule has 1 amide bonds. The lowest BCUT2D eigenvalue weighted by atomic mass is 10.1. The lowest BCUT2D eigenvalue weighted by Crippen LogP contribution is -2.30. The van der Waals surface area contributed by atoms with E-state index in [2.05, 4.69) is 26.6 Å². The Morgan fingerprint density at radius 1 is 1.56 bits per heavy atom. The summed E-state index contributed by atoms with van der Waals surface area (Å²) in [5.41, 5.74) is 0.343. The van der Waals surface area contributed by atoms with Crippen LogP contribution in [0.2, 0.25) is 0 Å². The van der Waals surface area contributed by atoms with Gasteiger partial charge in [0.15, 0.2) is 0 Å². The smallest absolute Gasteiger partial charge is 0.252 e. The van der Waals surface area contributed by atoms with Gasteiger partial charge in [-0.1, -0.05) is 0 Å². The van der Waals surface area contributed by atoms with Crippen LogP contribution in [0, 0.1) is 11.7 Å². The van der Waals surface area contributed by atoms with E-state index >= 15 is 0 Å². The predicted molar refractivity (Wildman–Crippen MR) is 74.7 cm³/mol. The first-order chi connectivity index (χ1) is 8.16. The van der Waals surface area contributed by atoms with Crippen molar-refractivity contribution in [2.75, 3.05) is 19.6 Å². The van der Waals surface area contributed by atoms with Gasteiger partial charge in [-0.25, -0.2) is 4.39 Å². The average molecular weight is 338 g/mol. The number of carbonyl (C=O) groups excluding carboxylic acids is 1. The van der Waals surface area contributed by atoms with Crippen LogP contribution in [0.1, 0.15) is 16.8 Å². The molecule has 1 aliphatic heterocycles. The second-order valence-corrected chi connectivity index (χ2v) is 5.05. The summed E-state index contributed by atoms with van der Waals surface area (Å²) in [5, 5.41) is 6.07. The lowest BCUT2D eigenvalue weighted by Gasteiger charge is -2.11. The molecule has 3 nitrogen and oxygen atoms in total. The van der Waals surface area contributed by atoms with Crippen molar-refractivity contribution in [2.45, 2.75) is 6.42 Å². The number of hydrogen-bond acceptors (Lipinski definition) is 2. The Bertz CT molecular complexity index is 425. The number of nitrogens with one attached hydrogen (secondary N) is 2. The first-order valence-corrected chi connectivity index (χ1v) is 6.40. The van der Waals surface area contributed by atoms with Crippen LogP contribution in [-0.4, -0.2) is 25.5 Å². The molecule has 1 aromatic carbocycles. The molecule has 0 radical (unpaired) electrons. The molecule has 0 bridgehead atoms. The average Bonchev–Trinajstić information content (AvgIpc) is 2.82. The lowest BCUT2D eigenvalue weighted by molar-refractivity contribution is 0.0947. The third-order valence-corrected chi connectivity index (χ3v) is 3.58. The van der Waals surface area contributed by atoms with Gasteiger partial charge in [0.2, 0.25) is 0 Å². The van der Waals surface area contributed by atoms with Crippen molar-refractivity contribution in [3.63, 3.8) is 0 Å². The van der Waals surface area contributed by atoms with Crippen LogP contribution in [0.4, 0.5) is 4.39 Å². The maximum Gasteiger partial charge on any atom is 0.252 e. The standard InChI is InChI=1S/C12H14BrFN2O.ClH/c13-11-2-1-9(14)5-10(11)12(17)16-7-8-3-4-15-6-8;/h1-2,5,8,15H,3-4,6-7H2,(H,16,17);1H. The molecule has 1 aromatic rings. The van der Waals surface area contributed by atoms with Crippen molar-refractivity contribution in [3.8, 4) is 0 Å². The van der Waals surface area contributed by atoms with Crippen LogP contribution >= 0.6 is 28.3 Å². The molecule has 1 heterocycles. The zero-order valence-electron chi connectivity index (χ0n) is 9.71. The zero-order chi connectivity index (χ0) is 12.3. The fourth-order valence-electron chi connectivity index (χ4n) is 1.89. The van der Waals surface area contributed by atoms with Gasteiger partial charge in [-0.2, -0.15) is 0 Å². The van der Waals surface area contributed by atoms with Crippen molar-refractivity contribution in [1.29, 1.82) is 0 Å². The topological polar surface area (TPSA) is 41.1 Å². The molecule has 1 fully saturated rings. The fraction of sp³-hybridized carbons (Fsp3) is 0.417. The summed E-state index contributed by atoms with van der Waals surface area (Å²) < 4.78 is 13.6. The van der Waals surface area contributed by atoms with Crippen molar-refractivity contribution in [2.24, 2.45) is 5.92 Å². The Morgan fingerprint density at radius 3 is 3.00 bits per heavy atom. The fourth-order valence-corrected chi connectivity index (χ4v) is 2.32. The molecule has 1 unspecified atom stereocenters. The first-order valence-electron chi connectivity index (χ1n) is 5.61. The predicted octanol–water partition coefficient (Wildman–Crippen LogP) is 2.35. The summed E-state index contributed by atoms with van der Waals surface area (Å²) in [4.78, 5) is 11.8. The van der Waals surface area contributed by atoms with Gasteiger partial charge in [-0.15, -0.1) is 12.4 Å². The van der Waals surface area contributed by atoms with E-state index in [4.69, 9.17) is 0 Å². The van der Waals surface area contributed by atoms with E-state index in [1.54, 1.807) is 6.07 Å². The molecule has 2 N–H and O–H groups in total. The van der Waals surface area contributed by atoms with E-state index in [0.717, 1.165) is 19.5 Å². The minimum Gasteiger partial charge on any atom is -0.352 e. The number of halogens is 3. The number of carbonyl (C=O) groups is 1. The summed E-state index contributed by atoms with van der Waals surface area (Å²) in [7, 11) is 0. The van der Waals surface area contributed by atoms with Crippen LogP contribution in [0.15, 0.2) is 22.7 Å². The Hall–Kier alpha value is -0.650. The molecule has 0 aliphatic carbocycles. The zero-order valence-corrected chi connectivity index (χ0v) is 12.1. The third-order valence-electron chi connectivity index (χ3n) is 2.89. The van der Waals surface area contributed by atoms with Crippen LogP contribution in [0.3, 0.4) is 0 Å². The van der Waals surface area contributed by atoms with Gasteiger partial charge in [-0.05, 0) is 59.6 Å². The van der Waals surface area contributed by atoms with Crippen LogP contribution < -0.4 is 10.6 Å². The maximum atomic E-state index is 13.0. The summed E-state index contributed by atoms with van der Waals surface area (Å²) >= 11 is 3.24. The molecule has 0 saturated carbocycles. The van der Waals surface area contributed by atoms with Crippen molar-refractivity contribution in [1.82, 2.24) is 10.6 Å². The van der Waals surface area contributed by atoms with E-state index in [9.17, 15) is 9.18 Å². The highest BCUT2D eigenvalue weighted by atomic mass is 79.9. The summed E-state index contributed by atoms with van der Waals surface area (Å²) in [6, 6.07) is 4.11. The van der Waals surface area contributed by atoms with E-state index in [1.807, 2.05) is 0 Å². The normalized spacial score (nSPS) is 18.2. The van der Waals surface area contributed by atoms with Gasteiger partial charge in [0.25, 0.3) is 5.91 Å². The first kappa shape index (κ1) is 15.4. The highest BCUT2D eigenvalue weighted by molar-refractivity contribution is 9.10. The van der Waals surface area contributed by atoms with Gasteiger partial charge < -0.3 is 10.6 Å². The van der Waals surface area contributed by atoms with Crippen molar-refractivity contribution >= 4 is 34.2 Å². The summed E-state index contributed by atoms with van der Waals surface area (Å²) in [6.45, 7) is 2.57. The number of hydrogen-bond donors (Lipinski definition) is 2. The van der Waals surface area contributed by atoms with E-state index in [1.165, 1.54) is 12.1 Å². The van der Waals surface area contributed by atoms with Crippen LogP contribution in [0.25, 0.3) is 0 Å². The molecule has 0 spiro atoms. The van der Waals surface area contributed by atoms with Gasteiger partial charge in [0, 0.05) is 11.0 Å². The molecule has 18 heavy (non-hydrogen) atoms. The molecule has 0 aromatic heterocycles. The summed E-state index contributed by atoms with van der Waals surface area (Å²) in [5.74, 6) is -0.157. The molecular weight excluding hydrogens is 322 g/mol. The molecule has 1 atom stereocenters. The number of benzene rings is 1. The minimum atomic E-state index is -0.402. The minimum absolute atomic E-state index is 0. The Labute approximate surface area is 120 Å². The van der Waals surface area contributed by atoms with Gasteiger partial charge in [0.05, 0.1) is 5.56 Å². The Kier molecular flexibility index (Phi) is 6.05. The number of amides is 1. The molecule has 6 heteroatoms. The van der Waals surface area contributed by atoms with Crippen molar-refractivity contribution in [3.05, 3.63) is 34.1 Å². The summed E-state index contributed by atoms with van der Waals surface area (Å²) in [6.07, 6.45) is 1.07. The highest BCUT2D eigenvalue weighted by Crippen LogP contribution is 2.17. The van der Waals surface area contributed by atoms with Crippen LogP contribution in [-0.2, 0) is 0 Å². The maximum absolute atomic E-state index is 13.0. The monoisotopic (exact) mass is 336 g/mol. The largest absolute Gasteiger partial charge is 0.352 e. The van der Waals surface area contributed by atoms with Gasteiger partial charge in [0.1, 0.15) is 5.82 Å². The van der Waals surface area contributed by atoms with Gasteiger partial charge in [-0.3, -0.25) is 4.79 Å². The second-order valence-electron chi connectivity index (χ2n) is 4.19. The second kappa shape index (κ2) is 7.07. The van der Waals surface area contributed by atoms with Crippen molar-refractivity contribution < 1.29 is 9.18 Å². The molecule has 2 rings (SSSR count). The Balaban J connectivity index is 0.00000162. The van der Waals surface area contributed by atoms with Crippen LogP contribution in [0.5, 0.6) is 0 Å². The van der Waals surface area contributed by atoms with E-state index < -0.39 is 5.82 Å². The molecule has 1 aliphatic rings. The number of rotatable bonds is 3. The highest BCUT2D eigenvalue weighted by Gasteiger charge is 2.17. The quantitative estimate of drug-likeness (QED) is 0.889. The Morgan fingerprint density at radius 2 is 2.33 bits per heavy atom. The van der Waals surface area contributed by atoms with E-state index in [0.29, 0.717) is 22.5 Å².